The summed E-state index contributed by atoms with van der Waals surface area (Å²) in [6.07, 6.45) is -0.490. The van der Waals surface area contributed by atoms with Crippen LogP contribution in [0.3, 0.4) is 0 Å². The summed E-state index contributed by atoms with van der Waals surface area (Å²) in [5.74, 6) is 1.42. The summed E-state index contributed by atoms with van der Waals surface area (Å²) in [7, 11) is 1.32. The maximum atomic E-state index is 11.0. The summed E-state index contributed by atoms with van der Waals surface area (Å²) in [5.41, 5.74) is 2.43. The minimum Gasteiger partial charge on any atom is -0.453 e. The Bertz CT molecular complexity index is 558. The fourth-order valence-corrected chi connectivity index (χ4v) is 1.68. The number of rotatable bonds is 2. The summed E-state index contributed by atoms with van der Waals surface area (Å²) >= 11 is 0. The monoisotopic (exact) mass is 246 g/mol. The van der Waals surface area contributed by atoms with Crippen LogP contribution in [-0.4, -0.2) is 18.2 Å². The van der Waals surface area contributed by atoms with Gasteiger partial charge in [0.2, 0.25) is 0 Å². The predicted octanol–water partition coefficient (Wildman–Crippen LogP) is 3.14. The number of aromatic nitrogens is 1. The molecule has 0 aliphatic carbocycles. The van der Waals surface area contributed by atoms with Crippen molar-refractivity contribution in [1.82, 2.24) is 4.98 Å². The number of hydrogen-bond acceptors (Lipinski definition) is 4. The van der Waals surface area contributed by atoms with Crippen molar-refractivity contribution in [1.29, 1.82) is 0 Å². The molecular formula is C13H14N2O3. The molecule has 0 spiro atoms. The van der Waals surface area contributed by atoms with Crippen molar-refractivity contribution in [2.45, 2.75) is 13.8 Å². The highest BCUT2D eigenvalue weighted by Crippen LogP contribution is 2.24. The SMILES string of the molecule is COC(=O)Nc1ccc(-c2nc(C)oc2C)cc1. The lowest BCUT2D eigenvalue weighted by Crippen LogP contribution is -2.10. The number of aryl methyl sites for hydroxylation is 2. The molecule has 1 amide bonds. The molecule has 0 saturated heterocycles. The maximum Gasteiger partial charge on any atom is 0.411 e. The number of amides is 1. The molecule has 94 valence electrons. The zero-order valence-corrected chi connectivity index (χ0v) is 10.5. The molecule has 0 bridgehead atoms. The molecule has 0 saturated carbocycles. The lowest BCUT2D eigenvalue weighted by Gasteiger charge is -2.04. The molecule has 1 aromatic heterocycles. The van der Waals surface area contributed by atoms with E-state index in [1.54, 1.807) is 12.1 Å². The molecule has 0 aliphatic heterocycles. The Morgan fingerprint density at radius 3 is 2.44 bits per heavy atom. The summed E-state index contributed by atoms with van der Waals surface area (Å²) < 4.78 is 9.89. The topological polar surface area (TPSA) is 64.4 Å². The van der Waals surface area contributed by atoms with Gasteiger partial charge in [-0.1, -0.05) is 12.1 Å². The van der Waals surface area contributed by atoms with Crippen molar-refractivity contribution in [2.75, 3.05) is 12.4 Å². The number of nitrogens with zero attached hydrogens (tertiary/aromatic N) is 1. The van der Waals surface area contributed by atoms with Crippen LogP contribution in [0.15, 0.2) is 28.7 Å². The Kier molecular flexibility index (Phi) is 3.32. The van der Waals surface area contributed by atoms with Crippen molar-refractivity contribution >= 4 is 11.8 Å². The van der Waals surface area contributed by atoms with Crippen LogP contribution in [0.1, 0.15) is 11.7 Å². The van der Waals surface area contributed by atoms with Gasteiger partial charge in [-0.05, 0) is 19.1 Å². The van der Waals surface area contributed by atoms with Crippen LogP contribution < -0.4 is 5.32 Å². The van der Waals surface area contributed by atoms with Crippen LogP contribution in [0.5, 0.6) is 0 Å². The van der Waals surface area contributed by atoms with E-state index in [4.69, 9.17) is 4.42 Å². The van der Waals surface area contributed by atoms with Crippen LogP contribution in [-0.2, 0) is 4.74 Å². The number of carbonyl (C=O) groups excluding carboxylic acids is 1. The number of oxazole rings is 1. The number of anilines is 1. The first-order valence-corrected chi connectivity index (χ1v) is 5.49. The number of ether oxygens (including phenoxy) is 1. The van der Waals surface area contributed by atoms with Crippen LogP contribution in [0.2, 0.25) is 0 Å². The van der Waals surface area contributed by atoms with Gasteiger partial charge >= 0.3 is 6.09 Å². The summed E-state index contributed by atoms with van der Waals surface area (Å²) in [6, 6.07) is 7.32. The van der Waals surface area contributed by atoms with Crippen LogP contribution >= 0.6 is 0 Å². The molecule has 0 aliphatic rings. The Labute approximate surface area is 105 Å². The summed E-state index contributed by atoms with van der Waals surface area (Å²) in [6.45, 7) is 3.68. The van der Waals surface area contributed by atoms with Gasteiger partial charge in [-0.15, -0.1) is 0 Å². The Morgan fingerprint density at radius 2 is 1.94 bits per heavy atom. The fourth-order valence-electron chi connectivity index (χ4n) is 1.68. The first-order chi connectivity index (χ1) is 8.60. The van der Waals surface area contributed by atoms with Gasteiger partial charge in [0, 0.05) is 18.2 Å². The van der Waals surface area contributed by atoms with E-state index < -0.39 is 6.09 Å². The Morgan fingerprint density at radius 1 is 1.28 bits per heavy atom. The largest absolute Gasteiger partial charge is 0.453 e. The van der Waals surface area contributed by atoms with Crippen molar-refractivity contribution in [3.05, 3.63) is 35.9 Å². The van der Waals surface area contributed by atoms with E-state index >= 15 is 0 Å². The van der Waals surface area contributed by atoms with Gasteiger partial charge in [-0.3, -0.25) is 5.32 Å². The third-order valence-corrected chi connectivity index (χ3v) is 2.49. The molecule has 18 heavy (non-hydrogen) atoms. The average molecular weight is 246 g/mol. The second-order valence-electron chi connectivity index (χ2n) is 3.83. The van der Waals surface area contributed by atoms with Crippen molar-refractivity contribution < 1.29 is 13.9 Å². The van der Waals surface area contributed by atoms with E-state index in [1.165, 1.54) is 7.11 Å². The molecule has 2 aromatic rings. The highest BCUT2D eigenvalue weighted by atomic mass is 16.5. The van der Waals surface area contributed by atoms with E-state index in [0.717, 1.165) is 17.0 Å². The number of carbonyl (C=O) groups is 1. The second-order valence-corrected chi connectivity index (χ2v) is 3.83. The first kappa shape index (κ1) is 12.2. The maximum absolute atomic E-state index is 11.0. The van der Waals surface area contributed by atoms with Gasteiger partial charge < -0.3 is 9.15 Å². The van der Waals surface area contributed by atoms with E-state index in [1.807, 2.05) is 26.0 Å². The molecule has 1 N–H and O–H groups in total. The molecule has 0 fully saturated rings. The Balaban J connectivity index is 2.22. The van der Waals surface area contributed by atoms with E-state index in [-0.39, 0.29) is 0 Å². The van der Waals surface area contributed by atoms with Crippen LogP contribution in [0.4, 0.5) is 10.5 Å². The number of methoxy groups -OCH3 is 1. The quantitative estimate of drug-likeness (QED) is 0.884. The minimum atomic E-state index is -0.490. The molecular weight excluding hydrogens is 232 g/mol. The third kappa shape index (κ3) is 2.51. The molecule has 1 heterocycles. The highest BCUT2D eigenvalue weighted by Gasteiger charge is 2.09. The van der Waals surface area contributed by atoms with Crippen molar-refractivity contribution in [2.24, 2.45) is 0 Å². The number of nitrogens with one attached hydrogen (secondary N) is 1. The van der Waals surface area contributed by atoms with Gasteiger partial charge in [0.05, 0.1) is 7.11 Å². The molecule has 0 radical (unpaired) electrons. The minimum absolute atomic E-state index is 0.490. The zero-order chi connectivity index (χ0) is 13.1. The van der Waals surface area contributed by atoms with Gasteiger partial charge in [0.15, 0.2) is 5.89 Å². The molecule has 5 heteroatoms. The zero-order valence-electron chi connectivity index (χ0n) is 10.5. The molecule has 2 rings (SSSR count). The van der Waals surface area contributed by atoms with Crippen LogP contribution in [0.25, 0.3) is 11.3 Å². The van der Waals surface area contributed by atoms with E-state index in [2.05, 4.69) is 15.0 Å². The predicted molar refractivity (Wildman–Crippen MR) is 67.4 cm³/mol. The summed E-state index contributed by atoms with van der Waals surface area (Å²) in [4.78, 5) is 15.3. The fraction of sp³-hybridized carbons (Fsp3) is 0.231. The first-order valence-electron chi connectivity index (χ1n) is 5.49. The van der Waals surface area contributed by atoms with Crippen molar-refractivity contribution in [3.63, 3.8) is 0 Å². The van der Waals surface area contributed by atoms with E-state index in [0.29, 0.717) is 11.6 Å². The molecule has 0 unspecified atom stereocenters. The Hall–Kier alpha value is -2.30. The van der Waals surface area contributed by atoms with Crippen LogP contribution in [0, 0.1) is 13.8 Å². The molecule has 0 atom stereocenters. The average Bonchev–Trinajstić information content (AvgIpc) is 2.69. The lowest BCUT2D eigenvalue weighted by atomic mass is 10.1. The lowest BCUT2D eigenvalue weighted by molar-refractivity contribution is 0.187. The van der Waals surface area contributed by atoms with E-state index in [9.17, 15) is 4.79 Å². The normalized spacial score (nSPS) is 10.2. The van der Waals surface area contributed by atoms with Gasteiger partial charge in [-0.2, -0.15) is 0 Å². The second kappa shape index (κ2) is 4.91. The van der Waals surface area contributed by atoms with Gasteiger partial charge in [-0.25, -0.2) is 9.78 Å². The standard InChI is InChI=1S/C13H14N2O3/c1-8-12(14-9(2)18-8)10-4-6-11(7-5-10)15-13(16)17-3/h4-7H,1-3H3,(H,15,16). The van der Waals surface area contributed by atoms with Crippen molar-refractivity contribution in [3.8, 4) is 11.3 Å². The smallest absolute Gasteiger partial charge is 0.411 e. The molecule has 5 nitrogen and oxygen atoms in total. The number of benzene rings is 1. The summed E-state index contributed by atoms with van der Waals surface area (Å²) in [5, 5.41) is 2.59. The third-order valence-electron chi connectivity index (χ3n) is 2.49. The highest BCUT2D eigenvalue weighted by molar-refractivity contribution is 5.84. The molecule has 1 aromatic carbocycles. The van der Waals surface area contributed by atoms with Gasteiger partial charge in [0.1, 0.15) is 11.5 Å². The number of hydrogen-bond donors (Lipinski definition) is 1. The van der Waals surface area contributed by atoms with Gasteiger partial charge in [0.25, 0.3) is 0 Å².